The van der Waals surface area contributed by atoms with E-state index in [-0.39, 0.29) is 11.4 Å². The Bertz CT molecular complexity index is 593. The third-order valence-corrected chi connectivity index (χ3v) is 3.45. The first kappa shape index (κ1) is 12.1. The fourth-order valence-electron chi connectivity index (χ4n) is 1.58. The molecule has 1 aromatic heterocycles. The van der Waals surface area contributed by atoms with Gasteiger partial charge in [-0.25, -0.2) is 4.98 Å². The lowest BCUT2D eigenvalue weighted by Gasteiger charge is -2.12. The number of para-hydroxylation sites is 1. The molecule has 1 aromatic carbocycles. The van der Waals surface area contributed by atoms with Crippen molar-refractivity contribution in [3.8, 4) is 11.6 Å². The first-order chi connectivity index (χ1) is 8.15. The third kappa shape index (κ3) is 2.19. The van der Waals surface area contributed by atoms with E-state index in [0.717, 1.165) is 15.1 Å². The minimum absolute atomic E-state index is 0.115. The number of benzene rings is 1. The minimum atomic E-state index is -0.239. The number of hydrogen-bond acceptors (Lipinski definition) is 3. The van der Waals surface area contributed by atoms with Gasteiger partial charge in [0.15, 0.2) is 0 Å². The lowest BCUT2D eigenvalue weighted by Crippen LogP contribution is -2.24. The maximum atomic E-state index is 12.1. The van der Waals surface area contributed by atoms with E-state index in [4.69, 9.17) is 4.74 Å². The maximum Gasteiger partial charge on any atom is 0.318 e. The summed E-state index contributed by atoms with van der Waals surface area (Å²) < 4.78 is 7.35. The largest absolute Gasteiger partial charge is 0.477 e. The van der Waals surface area contributed by atoms with Gasteiger partial charge in [0.25, 0.3) is 5.88 Å². The molecule has 88 valence electrons. The zero-order valence-corrected chi connectivity index (χ0v) is 11.6. The Morgan fingerprint density at radius 2 is 1.94 bits per heavy atom. The summed E-state index contributed by atoms with van der Waals surface area (Å²) in [6.45, 7) is 1.86. The molecule has 5 heteroatoms. The highest BCUT2D eigenvalue weighted by Gasteiger charge is 2.13. The van der Waals surface area contributed by atoms with Gasteiger partial charge in [0.1, 0.15) is 3.70 Å². The van der Waals surface area contributed by atoms with Crippen LogP contribution in [0.1, 0.15) is 5.69 Å². The molecule has 0 amide bonds. The molecule has 0 saturated heterocycles. The fraction of sp³-hybridized carbons (Fsp3) is 0.167. The van der Waals surface area contributed by atoms with Crippen molar-refractivity contribution in [1.29, 1.82) is 0 Å². The lowest BCUT2D eigenvalue weighted by atomic mass is 10.3. The van der Waals surface area contributed by atoms with E-state index in [0.29, 0.717) is 0 Å². The Kier molecular flexibility index (Phi) is 3.46. The second-order valence-electron chi connectivity index (χ2n) is 3.47. The predicted octanol–water partition coefficient (Wildman–Crippen LogP) is 2.15. The minimum Gasteiger partial charge on any atom is -0.477 e. The average molecular weight is 342 g/mol. The summed E-state index contributed by atoms with van der Waals surface area (Å²) in [6.07, 6.45) is 0. The first-order valence-corrected chi connectivity index (χ1v) is 6.11. The fourth-order valence-corrected chi connectivity index (χ4v) is 2.04. The van der Waals surface area contributed by atoms with Gasteiger partial charge in [-0.3, -0.25) is 9.36 Å². The molecule has 2 rings (SSSR count). The number of rotatable bonds is 2. The molecule has 0 aliphatic carbocycles. The van der Waals surface area contributed by atoms with E-state index in [2.05, 4.69) is 27.6 Å². The van der Waals surface area contributed by atoms with Gasteiger partial charge in [0.2, 0.25) is 0 Å². The lowest BCUT2D eigenvalue weighted by molar-refractivity contribution is 0.386. The van der Waals surface area contributed by atoms with Crippen LogP contribution in [0.5, 0.6) is 5.88 Å². The summed E-state index contributed by atoms with van der Waals surface area (Å²) in [4.78, 5) is 16.3. The van der Waals surface area contributed by atoms with Crippen molar-refractivity contribution in [2.24, 2.45) is 0 Å². The van der Waals surface area contributed by atoms with Crippen LogP contribution < -0.4 is 10.3 Å². The number of methoxy groups -OCH3 is 1. The van der Waals surface area contributed by atoms with Crippen molar-refractivity contribution in [1.82, 2.24) is 9.55 Å². The summed E-state index contributed by atoms with van der Waals surface area (Å²) in [5.41, 5.74) is 1.38. The third-order valence-electron chi connectivity index (χ3n) is 2.43. The van der Waals surface area contributed by atoms with Crippen molar-refractivity contribution in [3.05, 3.63) is 50.1 Å². The Morgan fingerprint density at radius 1 is 1.29 bits per heavy atom. The normalized spacial score (nSPS) is 10.3. The molecule has 17 heavy (non-hydrogen) atoms. The SMILES string of the molecule is COc1nc(I)c(C)n(-c2ccccc2)c1=O. The first-order valence-electron chi connectivity index (χ1n) is 5.03. The van der Waals surface area contributed by atoms with E-state index < -0.39 is 0 Å². The van der Waals surface area contributed by atoms with Crippen molar-refractivity contribution in [2.75, 3.05) is 7.11 Å². The molecule has 0 aliphatic heterocycles. The summed E-state index contributed by atoms with van der Waals surface area (Å²) in [5.74, 6) is 0.115. The summed E-state index contributed by atoms with van der Waals surface area (Å²) in [7, 11) is 1.45. The quantitative estimate of drug-likeness (QED) is 0.786. The summed E-state index contributed by atoms with van der Waals surface area (Å²) >= 11 is 2.09. The number of nitrogens with zero attached hydrogens (tertiary/aromatic N) is 2. The van der Waals surface area contributed by atoms with Crippen LogP contribution in [0.25, 0.3) is 5.69 Å². The van der Waals surface area contributed by atoms with Gasteiger partial charge >= 0.3 is 5.56 Å². The Morgan fingerprint density at radius 3 is 2.53 bits per heavy atom. The Labute approximate surface area is 112 Å². The van der Waals surface area contributed by atoms with Crippen LogP contribution in [0.4, 0.5) is 0 Å². The number of aromatic nitrogens is 2. The van der Waals surface area contributed by atoms with Crippen molar-refractivity contribution in [2.45, 2.75) is 6.92 Å². The molecule has 0 spiro atoms. The Hall–Kier alpha value is -1.37. The predicted molar refractivity (Wildman–Crippen MR) is 73.8 cm³/mol. The van der Waals surface area contributed by atoms with E-state index in [1.165, 1.54) is 7.11 Å². The van der Waals surface area contributed by atoms with Crippen molar-refractivity contribution in [3.63, 3.8) is 0 Å². The zero-order chi connectivity index (χ0) is 12.4. The molecular formula is C12H11IN2O2. The topological polar surface area (TPSA) is 44.1 Å². The van der Waals surface area contributed by atoms with E-state index >= 15 is 0 Å². The molecule has 0 unspecified atom stereocenters. The van der Waals surface area contributed by atoms with Crippen LogP contribution in [-0.4, -0.2) is 16.7 Å². The molecule has 0 fully saturated rings. The van der Waals surface area contributed by atoms with Gasteiger partial charge in [0.05, 0.1) is 12.8 Å². The standard InChI is InChI=1S/C12H11IN2O2/c1-8-10(13)14-11(17-2)12(16)15(8)9-6-4-3-5-7-9/h3-7H,1-2H3. The monoisotopic (exact) mass is 342 g/mol. The van der Waals surface area contributed by atoms with E-state index in [1.54, 1.807) is 4.57 Å². The molecule has 0 bridgehead atoms. The molecule has 1 heterocycles. The number of ether oxygens (including phenoxy) is 1. The highest BCUT2D eigenvalue weighted by atomic mass is 127. The summed E-state index contributed by atoms with van der Waals surface area (Å²) in [5, 5.41) is 0. The molecule has 2 aromatic rings. The van der Waals surface area contributed by atoms with Gasteiger partial charge in [-0.2, -0.15) is 0 Å². The smallest absolute Gasteiger partial charge is 0.318 e. The maximum absolute atomic E-state index is 12.1. The molecule has 0 aliphatic rings. The molecule has 4 nitrogen and oxygen atoms in total. The van der Waals surface area contributed by atoms with Gasteiger partial charge in [-0.1, -0.05) is 18.2 Å². The molecule has 0 atom stereocenters. The van der Waals surface area contributed by atoms with Crippen LogP contribution in [0.3, 0.4) is 0 Å². The van der Waals surface area contributed by atoms with Crippen LogP contribution in [-0.2, 0) is 0 Å². The zero-order valence-electron chi connectivity index (χ0n) is 9.48. The molecule has 0 saturated carbocycles. The molecule has 0 radical (unpaired) electrons. The van der Waals surface area contributed by atoms with Gasteiger partial charge in [-0.15, -0.1) is 0 Å². The highest BCUT2D eigenvalue weighted by Crippen LogP contribution is 2.14. The molecule has 0 N–H and O–H groups in total. The summed E-state index contributed by atoms with van der Waals surface area (Å²) in [6, 6.07) is 9.45. The van der Waals surface area contributed by atoms with E-state index in [1.807, 2.05) is 37.3 Å². The number of hydrogen-bond donors (Lipinski definition) is 0. The van der Waals surface area contributed by atoms with Gasteiger partial charge in [-0.05, 0) is 41.6 Å². The van der Waals surface area contributed by atoms with Crippen LogP contribution in [0.2, 0.25) is 0 Å². The van der Waals surface area contributed by atoms with Crippen LogP contribution >= 0.6 is 22.6 Å². The van der Waals surface area contributed by atoms with Crippen LogP contribution in [0.15, 0.2) is 35.1 Å². The highest BCUT2D eigenvalue weighted by molar-refractivity contribution is 14.1. The van der Waals surface area contributed by atoms with Gasteiger partial charge < -0.3 is 4.74 Å². The second-order valence-corrected chi connectivity index (χ2v) is 4.50. The van der Waals surface area contributed by atoms with Gasteiger partial charge in [0, 0.05) is 5.69 Å². The average Bonchev–Trinajstić information content (AvgIpc) is 2.35. The second kappa shape index (κ2) is 4.87. The van der Waals surface area contributed by atoms with Crippen LogP contribution in [0, 0.1) is 10.6 Å². The van der Waals surface area contributed by atoms with Crippen molar-refractivity contribution >= 4 is 22.6 Å². The van der Waals surface area contributed by atoms with E-state index in [9.17, 15) is 4.79 Å². The Balaban J connectivity index is 2.77. The number of halogens is 1. The van der Waals surface area contributed by atoms with Crippen molar-refractivity contribution < 1.29 is 4.74 Å². The molecular weight excluding hydrogens is 331 g/mol.